The Morgan fingerprint density at radius 2 is 1.86 bits per heavy atom. The summed E-state index contributed by atoms with van der Waals surface area (Å²) in [5.74, 6) is -4.67. The fourth-order valence-electron chi connectivity index (χ4n) is 5.23. The lowest BCUT2D eigenvalue weighted by molar-refractivity contribution is -0.161. The van der Waals surface area contributed by atoms with Gasteiger partial charge in [-0.1, -0.05) is 30.0 Å². The molecule has 43 heavy (non-hydrogen) atoms. The van der Waals surface area contributed by atoms with Gasteiger partial charge in [-0.3, -0.25) is 14.6 Å². The third-order valence-electron chi connectivity index (χ3n) is 7.46. The average Bonchev–Trinajstić information content (AvgIpc) is 3.38. The minimum Gasteiger partial charge on any atom is -0.509 e. The normalized spacial score (nSPS) is 19.1. The van der Waals surface area contributed by atoms with Crippen molar-refractivity contribution < 1.29 is 36.6 Å². The summed E-state index contributed by atoms with van der Waals surface area (Å²) in [6, 6.07) is 5.45. The molecular weight excluding hydrogens is 595 g/mol. The molecule has 0 spiro atoms. The minimum atomic E-state index is -4.74. The number of halogens is 5. The number of amides is 2. The summed E-state index contributed by atoms with van der Waals surface area (Å²) in [5.41, 5.74) is -2.87. The van der Waals surface area contributed by atoms with Crippen molar-refractivity contribution in [3.05, 3.63) is 82.5 Å². The van der Waals surface area contributed by atoms with Crippen LogP contribution in [0, 0.1) is 11.6 Å². The zero-order chi connectivity index (χ0) is 31.1. The minimum absolute atomic E-state index is 0.126. The zero-order valence-corrected chi connectivity index (χ0v) is 23.7. The number of carbonyl (C=O) groups is 2. The molecule has 2 N–H and O–H groups in total. The number of fused-ring (bicyclic) bond motifs is 1. The summed E-state index contributed by atoms with van der Waals surface area (Å²) >= 11 is 1.24. The van der Waals surface area contributed by atoms with Crippen molar-refractivity contribution >= 4 is 23.6 Å². The van der Waals surface area contributed by atoms with E-state index in [4.69, 9.17) is 0 Å². The maximum atomic E-state index is 14.5. The Balaban J connectivity index is 1.46. The van der Waals surface area contributed by atoms with E-state index in [0.29, 0.717) is 24.5 Å². The highest BCUT2D eigenvalue weighted by molar-refractivity contribution is 7.98. The molecule has 3 aromatic rings. The molecule has 1 atom stereocenters. The number of alkyl halides is 3. The van der Waals surface area contributed by atoms with Crippen LogP contribution in [0.1, 0.15) is 36.6 Å². The van der Waals surface area contributed by atoms with Crippen LogP contribution in [0.3, 0.4) is 0 Å². The second-order valence-corrected chi connectivity index (χ2v) is 10.9. The van der Waals surface area contributed by atoms with Gasteiger partial charge < -0.3 is 10.4 Å². The van der Waals surface area contributed by atoms with Crippen molar-refractivity contribution in [3.63, 3.8) is 0 Å². The van der Waals surface area contributed by atoms with Gasteiger partial charge >= 0.3 is 6.18 Å². The number of hydrogen-bond donors (Lipinski definition) is 2. The second kappa shape index (κ2) is 11.5. The fourth-order valence-corrected chi connectivity index (χ4v) is 5.54. The van der Waals surface area contributed by atoms with E-state index in [-0.39, 0.29) is 28.9 Å². The largest absolute Gasteiger partial charge is 0.509 e. The summed E-state index contributed by atoms with van der Waals surface area (Å²) in [4.78, 5) is 39.0. The molecule has 1 aromatic carbocycles. The molecule has 5 rings (SSSR count). The van der Waals surface area contributed by atoms with Crippen molar-refractivity contribution in [1.29, 1.82) is 0 Å². The van der Waals surface area contributed by atoms with Crippen LogP contribution in [0.5, 0.6) is 0 Å². The van der Waals surface area contributed by atoms with Gasteiger partial charge in [-0.2, -0.15) is 13.2 Å². The van der Waals surface area contributed by atoms with E-state index < -0.39 is 58.7 Å². The molecule has 1 fully saturated rings. The van der Waals surface area contributed by atoms with Crippen molar-refractivity contribution in [2.75, 3.05) is 12.8 Å². The first-order valence-corrected chi connectivity index (χ1v) is 14.3. The first-order valence-electron chi connectivity index (χ1n) is 13.0. The summed E-state index contributed by atoms with van der Waals surface area (Å²) in [5, 5.41) is 16.7. The van der Waals surface area contributed by atoms with E-state index in [1.807, 2.05) is 0 Å². The molecule has 0 bridgehead atoms. The van der Waals surface area contributed by atoms with E-state index in [0.717, 1.165) is 23.2 Å². The lowest BCUT2D eigenvalue weighted by Gasteiger charge is -2.46. The van der Waals surface area contributed by atoms with Crippen LogP contribution in [-0.4, -0.2) is 60.2 Å². The average molecular weight is 621 g/mol. The molecular formula is C28H25F5N6O3S. The molecule has 1 saturated heterocycles. The number of aromatic nitrogens is 3. The van der Waals surface area contributed by atoms with Gasteiger partial charge in [-0.25, -0.2) is 28.7 Å². The van der Waals surface area contributed by atoms with Crippen LogP contribution in [0.25, 0.3) is 11.3 Å². The zero-order valence-electron chi connectivity index (χ0n) is 22.9. The Hall–Kier alpha value is -4.11. The van der Waals surface area contributed by atoms with Gasteiger partial charge in [0.1, 0.15) is 17.0 Å². The van der Waals surface area contributed by atoms with E-state index in [1.54, 1.807) is 13.2 Å². The highest BCUT2D eigenvalue weighted by atomic mass is 32.2. The lowest BCUT2D eigenvalue weighted by Crippen LogP contribution is -2.60. The molecule has 226 valence electrons. The molecule has 2 aliphatic rings. The number of pyridine rings is 1. The number of thioether (sulfide) groups is 1. The van der Waals surface area contributed by atoms with Crippen molar-refractivity contribution in [1.82, 2.24) is 30.3 Å². The number of carbonyl (C=O) groups excluding carboxylic acids is 2. The first kappa shape index (κ1) is 30.4. The Kier molecular flexibility index (Phi) is 8.13. The number of hydrogen-bond acceptors (Lipinski definition) is 8. The number of hydrazine groups is 1. The van der Waals surface area contributed by atoms with Gasteiger partial charge in [-0.15, -0.1) is 0 Å². The Morgan fingerprint density at radius 3 is 2.53 bits per heavy atom. The number of aliphatic hydroxyl groups excluding tert-OH is 1. The van der Waals surface area contributed by atoms with E-state index in [9.17, 15) is 36.6 Å². The highest BCUT2D eigenvalue weighted by Crippen LogP contribution is 2.42. The highest BCUT2D eigenvalue weighted by Gasteiger charge is 2.52. The van der Waals surface area contributed by atoms with Crippen LogP contribution >= 0.6 is 11.8 Å². The Morgan fingerprint density at radius 1 is 1.14 bits per heavy atom. The first-order chi connectivity index (χ1) is 20.3. The molecule has 0 saturated carbocycles. The standard InChI is InChI=1S/C28H25F5N6O3S/c1-27-9-4-10-39(27)38(14-16-5-3-6-18(29)21(16)30)25(42)20(23(27)40)24(41)34-11-15-7-8-19(28(31,32)33)37-22(15)17-12-35-26(43-2)36-13-17/h3,5-8,12-13,40H,4,9-11,14H2,1-2H3,(H,34,41)/t27-/m1/s1. The smallest absolute Gasteiger partial charge is 0.433 e. The summed E-state index contributed by atoms with van der Waals surface area (Å²) in [6.07, 6.45) is 0.521. The number of benzene rings is 1. The van der Waals surface area contributed by atoms with Crippen LogP contribution in [0.4, 0.5) is 22.0 Å². The van der Waals surface area contributed by atoms with Crippen LogP contribution in [0.2, 0.25) is 0 Å². The molecule has 0 aliphatic carbocycles. The molecule has 15 heteroatoms. The Labute approximate surface area is 246 Å². The number of rotatable bonds is 7. The quantitative estimate of drug-likeness (QED) is 0.168. The maximum absolute atomic E-state index is 14.5. The molecule has 0 radical (unpaired) electrons. The fraction of sp³-hybridized carbons (Fsp3) is 0.321. The van der Waals surface area contributed by atoms with Gasteiger partial charge in [0.05, 0.1) is 17.8 Å². The second-order valence-electron chi connectivity index (χ2n) is 10.1. The van der Waals surface area contributed by atoms with Crippen molar-refractivity contribution in [2.24, 2.45) is 0 Å². The third kappa shape index (κ3) is 5.66. The van der Waals surface area contributed by atoms with Crippen LogP contribution in [0.15, 0.2) is 59.2 Å². The van der Waals surface area contributed by atoms with Gasteiger partial charge in [0.25, 0.3) is 11.8 Å². The van der Waals surface area contributed by atoms with Crippen LogP contribution < -0.4 is 5.32 Å². The number of nitrogens with one attached hydrogen (secondary N) is 1. The molecule has 0 unspecified atom stereocenters. The monoisotopic (exact) mass is 620 g/mol. The van der Waals surface area contributed by atoms with Gasteiger partial charge in [0.15, 0.2) is 16.8 Å². The van der Waals surface area contributed by atoms with Crippen molar-refractivity contribution in [3.8, 4) is 11.3 Å². The predicted molar refractivity (Wildman–Crippen MR) is 145 cm³/mol. The van der Waals surface area contributed by atoms with Gasteiger partial charge in [0, 0.05) is 36.6 Å². The summed E-state index contributed by atoms with van der Waals surface area (Å²) < 4.78 is 68.8. The Bertz CT molecular complexity index is 1620. The van der Waals surface area contributed by atoms with Crippen molar-refractivity contribution in [2.45, 2.75) is 49.7 Å². The third-order valence-corrected chi connectivity index (χ3v) is 8.04. The van der Waals surface area contributed by atoms with Gasteiger partial charge in [-0.05, 0) is 43.7 Å². The predicted octanol–water partition coefficient (Wildman–Crippen LogP) is 4.80. The number of aliphatic hydroxyl groups is 1. The lowest BCUT2D eigenvalue weighted by atomic mass is 9.90. The molecule has 2 aliphatic heterocycles. The summed E-state index contributed by atoms with van der Waals surface area (Å²) in [6.45, 7) is 1.17. The topological polar surface area (TPSA) is 112 Å². The van der Waals surface area contributed by atoms with Gasteiger partial charge in [0.2, 0.25) is 0 Å². The summed E-state index contributed by atoms with van der Waals surface area (Å²) in [7, 11) is 0. The van der Waals surface area contributed by atoms with E-state index >= 15 is 0 Å². The molecule has 4 heterocycles. The molecule has 9 nitrogen and oxygen atoms in total. The number of nitrogens with zero attached hydrogens (tertiary/aromatic N) is 5. The van der Waals surface area contributed by atoms with Crippen LogP contribution in [-0.2, 0) is 28.9 Å². The maximum Gasteiger partial charge on any atom is 0.433 e. The molecule has 2 amide bonds. The van der Waals surface area contributed by atoms with E-state index in [2.05, 4.69) is 20.3 Å². The van der Waals surface area contributed by atoms with E-state index in [1.165, 1.54) is 41.3 Å². The molecule has 2 aromatic heterocycles. The SMILES string of the molecule is CSc1ncc(-c2nc(C(F)(F)F)ccc2CNC(=O)C2=C(O)[C@@]3(C)CCCN3N(Cc3cccc(F)c3F)C2=O)cn1.